The van der Waals surface area contributed by atoms with E-state index in [1.807, 2.05) is 0 Å². The summed E-state index contributed by atoms with van der Waals surface area (Å²) in [4.78, 5) is 25.4. The lowest BCUT2D eigenvalue weighted by Gasteiger charge is -2.19. The van der Waals surface area contributed by atoms with Crippen LogP contribution in [0.5, 0.6) is 0 Å². The zero-order chi connectivity index (χ0) is 11.0. The average Bonchev–Trinajstić information content (AvgIpc) is 2.15. The van der Waals surface area contributed by atoms with Crippen LogP contribution in [0.2, 0.25) is 0 Å². The highest BCUT2D eigenvalue weighted by molar-refractivity contribution is 6.17. The van der Waals surface area contributed by atoms with Gasteiger partial charge in [-0.25, -0.2) is 14.2 Å². The van der Waals surface area contributed by atoms with E-state index in [0.717, 1.165) is 18.2 Å². The number of rotatable bonds is 1. The number of carbonyl (C=O) groups is 2. The topological polar surface area (TPSA) is 66.7 Å². The number of fused-ring (bicyclic) bond motifs is 1. The van der Waals surface area contributed by atoms with Gasteiger partial charge in [0.1, 0.15) is 5.83 Å². The second kappa shape index (κ2) is 3.27. The van der Waals surface area contributed by atoms with Gasteiger partial charge in [-0.2, -0.15) is 0 Å². The van der Waals surface area contributed by atoms with Crippen molar-refractivity contribution in [2.24, 2.45) is 10.9 Å². The first-order valence-electron chi connectivity index (χ1n) is 4.21. The number of carboxylic acid groups (broad SMARTS) is 1. The molecule has 1 atom stereocenters. The van der Waals surface area contributed by atoms with Crippen LogP contribution in [-0.2, 0) is 9.59 Å². The van der Waals surface area contributed by atoms with Gasteiger partial charge in [0.25, 0.3) is 5.91 Å². The van der Waals surface area contributed by atoms with E-state index >= 15 is 0 Å². The first kappa shape index (κ1) is 9.51. The summed E-state index contributed by atoms with van der Waals surface area (Å²) < 4.78 is 12.8. The van der Waals surface area contributed by atoms with Crippen LogP contribution in [0, 0.1) is 5.92 Å². The van der Waals surface area contributed by atoms with E-state index in [0.29, 0.717) is 0 Å². The number of carboxylic acids is 1. The Morgan fingerprint density at radius 1 is 1.47 bits per heavy atom. The molecule has 1 N–H and O–H groups in total. The number of carbonyl (C=O) groups excluding carboxylic acids is 1. The Morgan fingerprint density at radius 2 is 2.20 bits per heavy atom. The molecule has 1 unspecified atom stereocenters. The molecule has 2 aliphatic rings. The minimum Gasteiger partial charge on any atom is -0.478 e. The van der Waals surface area contributed by atoms with Gasteiger partial charge >= 0.3 is 5.97 Å². The van der Waals surface area contributed by atoms with Crippen molar-refractivity contribution in [1.82, 2.24) is 0 Å². The number of aliphatic carboxylic acids is 1. The molecule has 2 rings (SSSR count). The first-order valence-corrected chi connectivity index (χ1v) is 4.21. The predicted molar refractivity (Wildman–Crippen MR) is 50.0 cm³/mol. The third-order valence-electron chi connectivity index (χ3n) is 2.15. The molecule has 0 saturated carbocycles. The Balaban J connectivity index is 2.46. The zero-order valence-corrected chi connectivity index (χ0v) is 7.48. The maximum atomic E-state index is 12.8. The van der Waals surface area contributed by atoms with E-state index in [-0.39, 0.29) is 11.3 Å². The number of dihydropyridines is 1. The Bertz CT molecular complexity index is 471. The Kier molecular flexibility index (Phi) is 2.07. The Morgan fingerprint density at radius 3 is 2.87 bits per heavy atom. The average molecular weight is 207 g/mol. The van der Waals surface area contributed by atoms with Crippen molar-refractivity contribution in [3.8, 4) is 0 Å². The van der Waals surface area contributed by atoms with Crippen LogP contribution in [0.3, 0.4) is 0 Å². The summed E-state index contributed by atoms with van der Waals surface area (Å²) in [6.45, 7) is 0. The van der Waals surface area contributed by atoms with Crippen LogP contribution in [0.15, 0.2) is 40.7 Å². The molecular formula is C10H6FNO3. The largest absolute Gasteiger partial charge is 0.478 e. The zero-order valence-electron chi connectivity index (χ0n) is 7.48. The smallest absolute Gasteiger partial charge is 0.332 e. The van der Waals surface area contributed by atoms with E-state index in [2.05, 4.69) is 4.99 Å². The molecule has 0 aromatic carbocycles. The van der Waals surface area contributed by atoms with E-state index in [1.54, 1.807) is 0 Å². The minimum absolute atomic E-state index is 0.0787. The van der Waals surface area contributed by atoms with Crippen molar-refractivity contribution < 1.29 is 19.1 Å². The summed E-state index contributed by atoms with van der Waals surface area (Å²) in [5.41, 5.74) is 0.0601. The molecule has 15 heavy (non-hydrogen) atoms. The van der Waals surface area contributed by atoms with Gasteiger partial charge in [0.15, 0.2) is 0 Å². The highest BCUT2D eigenvalue weighted by Gasteiger charge is 2.29. The maximum absolute atomic E-state index is 12.8. The standard InChI is InChI=1S/C10H6FNO3/c11-5-1-2-6-7(10(14)15)4-9(13)12-8(6)3-5/h1-4,6H,(H,14,15). The summed E-state index contributed by atoms with van der Waals surface area (Å²) in [6, 6.07) is 0. The third kappa shape index (κ3) is 1.63. The number of allylic oxidation sites excluding steroid dienone is 4. The predicted octanol–water partition coefficient (Wildman–Crippen LogP) is 1.02. The van der Waals surface area contributed by atoms with E-state index in [4.69, 9.17) is 5.11 Å². The van der Waals surface area contributed by atoms with Gasteiger partial charge in [-0.3, -0.25) is 4.79 Å². The van der Waals surface area contributed by atoms with Crippen LogP contribution in [0.4, 0.5) is 4.39 Å². The molecule has 0 saturated heterocycles. The quantitative estimate of drug-likeness (QED) is 0.697. The maximum Gasteiger partial charge on any atom is 0.332 e. The second-order valence-electron chi connectivity index (χ2n) is 3.15. The van der Waals surface area contributed by atoms with Gasteiger partial charge in [-0.05, 0) is 12.2 Å². The highest BCUT2D eigenvalue weighted by Crippen LogP contribution is 2.25. The van der Waals surface area contributed by atoms with E-state index in [1.165, 1.54) is 6.08 Å². The molecule has 0 bridgehead atoms. The molecule has 5 heteroatoms. The van der Waals surface area contributed by atoms with Crippen molar-refractivity contribution in [3.63, 3.8) is 0 Å². The van der Waals surface area contributed by atoms with Gasteiger partial charge in [0, 0.05) is 6.08 Å². The molecule has 0 spiro atoms. The molecule has 1 heterocycles. The second-order valence-corrected chi connectivity index (χ2v) is 3.15. The first-order chi connectivity index (χ1) is 7.08. The molecule has 1 aliphatic heterocycles. The normalized spacial score (nSPS) is 23.9. The van der Waals surface area contributed by atoms with Crippen LogP contribution in [0.1, 0.15) is 0 Å². The molecule has 0 aromatic rings. The van der Waals surface area contributed by atoms with E-state index < -0.39 is 23.6 Å². The molecule has 0 aromatic heterocycles. The third-order valence-corrected chi connectivity index (χ3v) is 2.15. The van der Waals surface area contributed by atoms with E-state index in [9.17, 15) is 14.0 Å². The molecule has 0 fully saturated rings. The van der Waals surface area contributed by atoms with Crippen molar-refractivity contribution in [1.29, 1.82) is 0 Å². The minimum atomic E-state index is -1.19. The Hall–Kier alpha value is -2.04. The number of aliphatic imine (C=N–C) groups is 1. The van der Waals surface area contributed by atoms with Crippen LogP contribution >= 0.6 is 0 Å². The van der Waals surface area contributed by atoms with Crippen LogP contribution in [-0.4, -0.2) is 22.7 Å². The molecule has 76 valence electrons. The van der Waals surface area contributed by atoms with Crippen molar-refractivity contribution >= 4 is 17.6 Å². The Labute approximate surface area is 84.1 Å². The molecular weight excluding hydrogens is 201 g/mol. The summed E-state index contributed by atoms with van der Waals surface area (Å²) in [5.74, 6) is -3.02. The number of nitrogens with zero attached hydrogens (tertiary/aromatic N) is 1. The fourth-order valence-electron chi connectivity index (χ4n) is 1.51. The van der Waals surface area contributed by atoms with Gasteiger partial charge in [-0.15, -0.1) is 0 Å². The van der Waals surface area contributed by atoms with Gasteiger partial charge in [0.2, 0.25) is 0 Å². The van der Waals surface area contributed by atoms with Crippen molar-refractivity contribution in [3.05, 3.63) is 35.7 Å². The SMILES string of the molecule is O=C1C=C(C(=O)O)C2C=CC(F)=CC2=N1. The fraction of sp³-hybridized carbons (Fsp3) is 0.100. The number of amides is 1. The van der Waals surface area contributed by atoms with Crippen LogP contribution < -0.4 is 0 Å². The lowest BCUT2D eigenvalue weighted by molar-refractivity contribution is -0.133. The molecule has 1 amide bonds. The van der Waals surface area contributed by atoms with Gasteiger partial charge in [-0.1, -0.05) is 6.08 Å². The lowest BCUT2D eigenvalue weighted by Crippen LogP contribution is -2.25. The number of halogens is 1. The van der Waals surface area contributed by atoms with Crippen LogP contribution in [0.25, 0.3) is 0 Å². The monoisotopic (exact) mass is 207 g/mol. The summed E-state index contributed by atoms with van der Waals surface area (Å²) >= 11 is 0. The summed E-state index contributed by atoms with van der Waals surface area (Å²) in [5, 5.41) is 8.84. The van der Waals surface area contributed by atoms with Gasteiger partial charge < -0.3 is 5.11 Å². The molecule has 1 aliphatic carbocycles. The lowest BCUT2D eigenvalue weighted by atomic mass is 9.88. The highest BCUT2D eigenvalue weighted by atomic mass is 19.1. The van der Waals surface area contributed by atoms with Gasteiger partial charge in [0.05, 0.1) is 17.2 Å². The summed E-state index contributed by atoms with van der Waals surface area (Å²) in [6.07, 6.45) is 4.56. The van der Waals surface area contributed by atoms with Crippen molar-refractivity contribution in [2.75, 3.05) is 0 Å². The molecule has 0 radical (unpaired) electrons. The number of hydrogen-bond donors (Lipinski definition) is 1. The fourth-order valence-corrected chi connectivity index (χ4v) is 1.51. The van der Waals surface area contributed by atoms with Crippen molar-refractivity contribution in [2.45, 2.75) is 0 Å². The summed E-state index contributed by atoms with van der Waals surface area (Å²) in [7, 11) is 0. The molecule has 4 nitrogen and oxygen atoms in total. The number of hydrogen-bond acceptors (Lipinski definition) is 2.